The molecular weight excluding hydrogens is 410 g/mol. The van der Waals surface area contributed by atoms with Gasteiger partial charge in [0.1, 0.15) is 35.2 Å². The van der Waals surface area contributed by atoms with Crippen LogP contribution in [0.3, 0.4) is 0 Å². The third-order valence-corrected chi connectivity index (χ3v) is 5.73. The number of aliphatic hydroxyl groups excluding tert-OH is 1. The monoisotopic (exact) mass is 439 g/mol. The summed E-state index contributed by atoms with van der Waals surface area (Å²) in [6.07, 6.45) is 1.43. The van der Waals surface area contributed by atoms with E-state index in [1.807, 2.05) is 26.8 Å². The van der Waals surface area contributed by atoms with E-state index in [4.69, 9.17) is 13.9 Å². The number of hydrogen-bond donors (Lipinski definition) is 1. The van der Waals surface area contributed by atoms with Crippen molar-refractivity contribution in [2.45, 2.75) is 58.8 Å². The Morgan fingerprint density at radius 2 is 2.03 bits per heavy atom. The Morgan fingerprint density at radius 3 is 2.72 bits per heavy atom. The number of aliphatic hydroxyl groups is 1. The lowest BCUT2D eigenvalue weighted by Crippen LogP contribution is -2.31. The van der Waals surface area contributed by atoms with E-state index in [0.717, 1.165) is 17.7 Å². The zero-order valence-corrected chi connectivity index (χ0v) is 18.9. The molecule has 7 heteroatoms. The van der Waals surface area contributed by atoms with Gasteiger partial charge < -0.3 is 23.9 Å². The molecular formula is C25H29NO6. The van der Waals surface area contributed by atoms with Crippen LogP contribution >= 0.6 is 0 Å². The second kappa shape index (κ2) is 8.82. The lowest BCUT2D eigenvalue weighted by Gasteiger charge is -2.23. The number of furan rings is 1. The van der Waals surface area contributed by atoms with Crippen molar-refractivity contribution in [3.05, 3.63) is 58.6 Å². The van der Waals surface area contributed by atoms with Crippen LogP contribution in [0.25, 0.3) is 5.76 Å². The number of benzene rings is 1. The van der Waals surface area contributed by atoms with E-state index in [1.54, 1.807) is 31.2 Å². The largest absolute Gasteiger partial charge is 0.507 e. The van der Waals surface area contributed by atoms with Crippen molar-refractivity contribution >= 4 is 17.4 Å². The summed E-state index contributed by atoms with van der Waals surface area (Å²) >= 11 is 0. The van der Waals surface area contributed by atoms with Crippen LogP contribution in [0.5, 0.6) is 5.75 Å². The van der Waals surface area contributed by atoms with E-state index >= 15 is 0 Å². The molecule has 1 N–H and O–H groups in total. The minimum absolute atomic E-state index is 0.0426. The zero-order chi connectivity index (χ0) is 23.0. The number of rotatable bonds is 7. The maximum atomic E-state index is 13.0. The minimum Gasteiger partial charge on any atom is -0.507 e. The normalized spacial score (nSPS) is 22.0. The molecule has 2 aliphatic heterocycles. The predicted molar refractivity (Wildman–Crippen MR) is 118 cm³/mol. The quantitative estimate of drug-likeness (QED) is 0.302. The van der Waals surface area contributed by atoms with Gasteiger partial charge in [0.15, 0.2) is 0 Å². The highest BCUT2D eigenvalue weighted by Crippen LogP contribution is 2.41. The second-order valence-electron chi connectivity index (χ2n) is 8.67. The molecule has 7 nitrogen and oxygen atoms in total. The predicted octanol–water partition coefficient (Wildman–Crippen LogP) is 4.15. The van der Waals surface area contributed by atoms with Gasteiger partial charge in [0.25, 0.3) is 11.7 Å². The summed E-state index contributed by atoms with van der Waals surface area (Å²) in [5, 5.41) is 11.2. The zero-order valence-electron chi connectivity index (χ0n) is 18.9. The average molecular weight is 440 g/mol. The van der Waals surface area contributed by atoms with Crippen LogP contribution in [0.4, 0.5) is 0 Å². The third-order valence-electron chi connectivity index (χ3n) is 5.73. The highest BCUT2D eigenvalue weighted by Gasteiger charge is 2.47. The van der Waals surface area contributed by atoms with Gasteiger partial charge in [-0.25, -0.2) is 0 Å². The fraction of sp³-hybridized carbons (Fsp3) is 0.440. The number of aryl methyl sites for hydroxylation is 1. The van der Waals surface area contributed by atoms with Gasteiger partial charge in [0.2, 0.25) is 0 Å². The fourth-order valence-electron chi connectivity index (χ4n) is 4.29. The molecule has 2 unspecified atom stereocenters. The van der Waals surface area contributed by atoms with Crippen LogP contribution in [-0.4, -0.2) is 47.1 Å². The molecule has 2 atom stereocenters. The van der Waals surface area contributed by atoms with E-state index < -0.39 is 17.7 Å². The third kappa shape index (κ3) is 4.17. The first-order valence-corrected chi connectivity index (χ1v) is 11.0. The molecule has 1 amide bonds. The summed E-state index contributed by atoms with van der Waals surface area (Å²) in [6, 6.07) is 8.06. The van der Waals surface area contributed by atoms with Crippen molar-refractivity contribution in [2.24, 2.45) is 0 Å². The molecule has 1 aromatic carbocycles. The molecule has 0 saturated carbocycles. The molecule has 1 saturated heterocycles. The topological polar surface area (TPSA) is 89.2 Å². The summed E-state index contributed by atoms with van der Waals surface area (Å²) in [6.45, 7) is 8.45. The minimum atomic E-state index is -0.786. The fourth-order valence-corrected chi connectivity index (χ4v) is 4.29. The first-order valence-electron chi connectivity index (χ1n) is 11.0. The number of nitrogens with zero attached hydrogens (tertiary/aromatic N) is 1. The molecule has 2 aliphatic rings. The Hall–Kier alpha value is -3.06. The van der Waals surface area contributed by atoms with Crippen LogP contribution < -0.4 is 4.74 Å². The van der Waals surface area contributed by atoms with E-state index in [0.29, 0.717) is 36.7 Å². The molecule has 0 radical (unpaired) electrons. The van der Waals surface area contributed by atoms with Crippen LogP contribution in [0, 0.1) is 6.92 Å². The van der Waals surface area contributed by atoms with E-state index in [1.165, 1.54) is 4.90 Å². The van der Waals surface area contributed by atoms with Gasteiger partial charge in [-0.3, -0.25) is 9.59 Å². The van der Waals surface area contributed by atoms with Gasteiger partial charge in [0, 0.05) is 25.1 Å². The maximum Gasteiger partial charge on any atom is 0.295 e. The van der Waals surface area contributed by atoms with Crippen molar-refractivity contribution in [3.63, 3.8) is 0 Å². The van der Waals surface area contributed by atoms with Crippen molar-refractivity contribution in [2.75, 3.05) is 13.2 Å². The molecule has 0 bridgehead atoms. The highest BCUT2D eigenvalue weighted by molar-refractivity contribution is 6.46. The first-order chi connectivity index (χ1) is 15.3. The number of carbonyl (C=O) groups is 2. The molecule has 4 rings (SSSR count). The Kier molecular flexibility index (Phi) is 6.11. The van der Waals surface area contributed by atoms with Gasteiger partial charge in [-0.1, -0.05) is 0 Å². The summed E-state index contributed by atoms with van der Waals surface area (Å²) in [5.74, 6) is 0.330. The number of amides is 1. The van der Waals surface area contributed by atoms with Gasteiger partial charge >= 0.3 is 0 Å². The van der Waals surface area contributed by atoms with Gasteiger partial charge in [-0.2, -0.15) is 0 Å². The molecule has 32 heavy (non-hydrogen) atoms. The Labute approximate surface area is 187 Å². The molecule has 1 aromatic heterocycles. The van der Waals surface area contributed by atoms with Crippen molar-refractivity contribution in [3.8, 4) is 5.75 Å². The summed E-state index contributed by atoms with van der Waals surface area (Å²) in [5.41, 5.74) is 1.49. The average Bonchev–Trinajstić information content (AvgIpc) is 3.40. The standard InChI is InChI=1S/C25H29NO6/c1-14(2)30-11-5-10-26-22(20-8-6-15(3)31-20)21(24(28)25(26)29)23(27)17-7-9-19-18(13-17)12-16(4)32-19/h6-9,13-14,16,22,27H,5,10-12H2,1-4H3/b23-21-. The first kappa shape index (κ1) is 22.1. The van der Waals surface area contributed by atoms with Crippen molar-refractivity contribution in [1.82, 2.24) is 4.90 Å². The van der Waals surface area contributed by atoms with E-state index in [-0.39, 0.29) is 23.5 Å². The molecule has 2 aromatic rings. The molecule has 170 valence electrons. The Balaban J connectivity index is 1.71. The Morgan fingerprint density at radius 1 is 1.25 bits per heavy atom. The van der Waals surface area contributed by atoms with Crippen molar-refractivity contribution in [1.29, 1.82) is 0 Å². The van der Waals surface area contributed by atoms with E-state index in [2.05, 4.69) is 0 Å². The van der Waals surface area contributed by atoms with Crippen LogP contribution in [0.15, 0.2) is 40.3 Å². The number of likely N-dealkylation sites (tertiary alicyclic amines) is 1. The van der Waals surface area contributed by atoms with Gasteiger partial charge in [-0.15, -0.1) is 0 Å². The number of fused-ring (bicyclic) bond motifs is 1. The smallest absolute Gasteiger partial charge is 0.295 e. The highest BCUT2D eigenvalue weighted by atomic mass is 16.5. The molecule has 0 aliphatic carbocycles. The number of ketones is 1. The summed E-state index contributed by atoms with van der Waals surface area (Å²) in [7, 11) is 0. The summed E-state index contributed by atoms with van der Waals surface area (Å²) < 4.78 is 17.1. The van der Waals surface area contributed by atoms with E-state index in [9.17, 15) is 14.7 Å². The van der Waals surface area contributed by atoms with Crippen LogP contribution in [0.1, 0.15) is 55.9 Å². The van der Waals surface area contributed by atoms with Crippen LogP contribution in [-0.2, 0) is 20.7 Å². The number of ether oxygens (including phenoxy) is 2. The number of hydrogen-bond acceptors (Lipinski definition) is 6. The second-order valence-corrected chi connectivity index (χ2v) is 8.67. The lowest BCUT2D eigenvalue weighted by molar-refractivity contribution is -0.140. The molecule has 3 heterocycles. The lowest BCUT2D eigenvalue weighted by atomic mass is 9.97. The maximum absolute atomic E-state index is 13.0. The molecule has 1 fully saturated rings. The summed E-state index contributed by atoms with van der Waals surface area (Å²) in [4.78, 5) is 27.4. The van der Waals surface area contributed by atoms with Gasteiger partial charge in [-0.05, 0) is 70.0 Å². The number of Topliss-reactive ketones (excluding diaryl/α,β-unsaturated/α-hetero) is 1. The van der Waals surface area contributed by atoms with Crippen LogP contribution in [0.2, 0.25) is 0 Å². The number of carbonyl (C=O) groups excluding carboxylic acids is 2. The van der Waals surface area contributed by atoms with Gasteiger partial charge in [0.05, 0.1) is 11.7 Å². The Bertz CT molecular complexity index is 1070. The SMILES string of the molecule is Cc1ccc(C2/C(=C(/O)c3ccc4c(c3)CC(C)O4)C(=O)C(=O)N2CCCOC(C)C)o1. The molecule has 0 spiro atoms. The van der Waals surface area contributed by atoms with Crippen molar-refractivity contribution < 1.29 is 28.6 Å².